The molecule has 68 valence electrons. The molecule has 2 saturated carbocycles. The summed E-state index contributed by atoms with van der Waals surface area (Å²) in [7, 11) is 0. The second kappa shape index (κ2) is 2.14. The van der Waals surface area contributed by atoms with Crippen molar-refractivity contribution >= 4 is 0 Å². The number of aliphatic hydroxyl groups is 1. The van der Waals surface area contributed by atoms with Gasteiger partial charge >= 0.3 is 0 Å². The van der Waals surface area contributed by atoms with Gasteiger partial charge in [0.1, 0.15) is 0 Å². The molecule has 2 aliphatic carbocycles. The van der Waals surface area contributed by atoms with Crippen LogP contribution in [0.2, 0.25) is 0 Å². The van der Waals surface area contributed by atoms with E-state index in [-0.39, 0.29) is 0 Å². The zero-order valence-electron chi connectivity index (χ0n) is 8.01. The van der Waals surface area contributed by atoms with Crippen LogP contribution < -0.4 is 0 Å². The molecule has 2 fully saturated rings. The maximum absolute atomic E-state index is 10.2. The summed E-state index contributed by atoms with van der Waals surface area (Å²) in [6.07, 6.45) is 5.18. The Balaban J connectivity index is 2.35. The highest BCUT2D eigenvalue weighted by Crippen LogP contribution is 2.62. The van der Waals surface area contributed by atoms with Gasteiger partial charge in [-0.15, -0.1) is 6.58 Å². The van der Waals surface area contributed by atoms with Crippen molar-refractivity contribution in [3.05, 3.63) is 12.7 Å². The monoisotopic (exact) mass is 166 g/mol. The second-order valence-electron chi connectivity index (χ2n) is 5.05. The third-order valence-electron chi connectivity index (χ3n) is 4.28. The van der Waals surface area contributed by atoms with Gasteiger partial charge in [-0.25, -0.2) is 0 Å². The minimum absolute atomic E-state index is 0.336. The zero-order valence-corrected chi connectivity index (χ0v) is 8.01. The van der Waals surface area contributed by atoms with Gasteiger partial charge in [0.15, 0.2) is 0 Å². The first-order chi connectivity index (χ1) is 5.50. The largest absolute Gasteiger partial charge is 0.385 e. The molecular weight excluding hydrogens is 148 g/mol. The SMILES string of the molecule is C=CC1(O)C[C@@H]2CC[C@H]1C2(C)C. The van der Waals surface area contributed by atoms with Gasteiger partial charge in [-0.2, -0.15) is 0 Å². The fraction of sp³-hybridized carbons (Fsp3) is 0.818. The van der Waals surface area contributed by atoms with Crippen LogP contribution in [0.1, 0.15) is 33.1 Å². The van der Waals surface area contributed by atoms with E-state index in [0.717, 1.165) is 6.42 Å². The Morgan fingerprint density at radius 1 is 1.42 bits per heavy atom. The average Bonchev–Trinajstić information content (AvgIpc) is 2.38. The van der Waals surface area contributed by atoms with Crippen LogP contribution >= 0.6 is 0 Å². The van der Waals surface area contributed by atoms with Gasteiger partial charge in [0.2, 0.25) is 0 Å². The van der Waals surface area contributed by atoms with Crippen molar-refractivity contribution in [1.29, 1.82) is 0 Å². The first kappa shape index (κ1) is 8.31. The molecule has 0 amide bonds. The van der Waals surface area contributed by atoms with Crippen LogP contribution in [0.4, 0.5) is 0 Å². The predicted octanol–water partition coefficient (Wildman–Crippen LogP) is 2.36. The average molecular weight is 166 g/mol. The van der Waals surface area contributed by atoms with Crippen molar-refractivity contribution < 1.29 is 5.11 Å². The fourth-order valence-corrected chi connectivity index (χ4v) is 3.42. The van der Waals surface area contributed by atoms with Crippen LogP contribution in [-0.2, 0) is 0 Å². The molecule has 0 saturated heterocycles. The molecule has 1 N–H and O–H groups in total. The molecule has 0 radical (unpaired) electrons. The molecule has 1 unspecified atom stereocenters. The third-order valence-corrected chi connectivity index (χ3v) is 4.28. The van der Waals surface area contributed by atoms with E-state index in [0.29, 0.717) is 17.3 Å². The molecule has 0 spiro atoms. The minimum atomic E-state index is -0.549. The Bertz CT molecular complexity index is 219. The van der Waals surface area contributed by atoms with Crippen molar-refractivity contribution in [2.45, 2.75) is 38.7 Å². The Morgan fingerprint density at radius 3 is 2.33 bits per heavy atom. The zero-order chi connectivity index (χ0) is 8.98. The molecule has 1 nitrogen and oxygen atoms in total. The molecule has 3 atom stereocenters. The number of hydrogen-bond acceptors (Lipinski definition) is 1. The van der Waals surface area contributed by atoms with E-state index in [1.54, 1.807) is 6.08 Å². The molecule has 2 aliphatic rings. The van der Waals surface area contributed by atoms with Gasteiger partial charge in [0.05, 0.1) is 5.60 Å². The molecule has 0 aliphatic heterocycles. The molecule has 0 aromatic rings. The molecule has 2 bridgehead atoms. The third kappa shape index (κ3) is 0.779. The van der Waals surface area contributed by atoms with E-state index in [4.69, 9.17) is 0 Å². The summed E-state index contributed by atoms with van der Waals surface area (Å²) in [6, 6.07) is 0. The van der Waals surface area contributed by atoms with Crippen LogP contribution in [-0.4, -0.2) is 10.7 Å². The van der Waals surface area contributed by atoms with E-state index in [9.17, 15) is 5.11 Å². The summed E-state index contributed by atoms with van der Waals surface area (Å²) in [4.78, 5) is 0. The minimum Gasteiger partial charge on any atom is -0.385 e. The van der Waals surface area contributed by atoms with Crippen molar-refractivity contribution in [3.8, 4) is 0 Å². The van der Waals surface area contributed by atoms with Crippen molar-refractivity contribution in [3.63, 3.8) is 0 Å². The summed E-state index contributed by atoms with van der Waals surface area (Å²) in [6.45, 7) is 8.33. The normalized spacial score (nSPS) is 49.6. The van der Waals surface area contributed by atoms with E-state index in [1.165, 1.54) is 12.8 Å². The highest BCUT2D eigenvalue weighted by Gasteiger charge is 2.59. The van der Waals surface area contributed by atoms with Gasteiger partial charge in [-0.3, -0.25) is 0 Å². The van der Waals surface area contributed by atoms with Gasteiger partial charge in [-0.1, -0.05) is 19.9 Å². The lowest BCUT2D eigenvalue weighted by Gasteiger charge is -2.31. The van der Waals surface area contributed by atoms with Crippen LogP contribution in [0.3, 0.4) is 0 Å². The van der Waals surface area contributed by atoms with Gasteiger partial charge in [-0.05, 0) is 36.5 Å². The summed E-state index contributed by atoms with van der Waals surface area (Å²) < 4.78 is 0. The standard InChI is InChI=1S/C11H18O/c1-4-11(12)7-8-5-6-9(11)10(8,2)3/h4,8-9,12H,1,5-7H2,2-3H3/t8-,9-,11?/m0/s1. The predicted molar refractivity (Wildman–Crippen MR) is 49.8 cm³/mol. The highest BCUT2D eigenvalue weighted by atomic mass is 16.3. The molecule has 0 heterocycles. The molecule has 2 rings (SSSR count). The van der Waals surface area contributed by atoms with Crippen LogP contribution in [0, 0.1) is 17.3 Å². The molecule has 0 aromatic heterocycles. The summed E-state index contributed by atoms with van der Waals surface area (Å²) in [5.41, 5.74) is -0.213. The molecular formula is C11H18O. The quantitative estimate of drug-likeness (QED) is 0.593. The number of rotatable bonds is 1. The number of hydrogen-bond donors (Lipinski definition) is 1. The van der Waals surface area contributed by atoms with E-state index in [1.807, 2.05) is 0 Å². The van der Waals surface area contributed by atoms with E-state index in [2.05, 4.69) is 20.4 Å². The number of fused-ring (bicyclic) bond motifs is 2. The van der Waals surface area contributed by atoms with Crippen molar-refractivity contribution in [2.24, 2.45) is 17.3 Å². The Labute approximate surface area is 74.5 Å². The lowest BCUT2D eigenvalue weighted by atomic mass is 9.78. The highest BCUT2D eigenvalue weighted by molar-refractivity contribution is 5.16. The fourth-order valence-electron chi connectivity index (χ4n) is 3.42. The molecule has 12 heavy (non-hydrogen) atoms. The van der Waals surface area contributed by atoms with E-state index < -0.39 is 5.60 Å². The van der Waals surface area contributed by atoms with Gasteiger partial charge < -0.3 is 5.11 Å². The van der Waals surface area contributed by atoms with Crippen LogP contribution in [0.25, 0.3) is 0 Å². The summed E-state index contributed by atoms with van der Waals surface area (Å²) in [5.74, 6) is 1.16. The van der Waals surface area contributed by atoms with Crippen LogP contribution in [0.5, 0.6) is 0 Å². The first-order valence-electron chi connectivity index (χ1n) is 4.86. The Hall–Kier alpha value is -0.300. The lowest BCUT2D eigenvalue weighted by molar-refractivity contribution is 0.0200. The second-order valence-corrected chi connectivity index (χ2v) is 5.05. The molecule has 0 aromatic carbocycles. The Kier molecular flexibility index (Phi) is 1.48. The lowest BCUT2D eigenvalue weighted by Crippen LogP contribution is -2.35. The van der Waals surface area contributed by atoms with Gasteiger partial charge in [0, 0.05) is 0 Å². The topological polar surface area (TPSA) is 20.2 Å². The van der Waals surface area contributed by atoms with Gasteiger partial charge in [0.25, 0.3) is 0 Å². The first-order valence-corrected chi connectivity index (χ1v) is 4.86. The smallest absolute Gasteiger partial charge is 0.0861 e. The van der Waals surface area contributed by atoms with E-state index >= 15 is 0 Å². The van der Waals surface area contributed by atoms with Crippen molar-refractivity contribution in [2.75, 3.05) is 0 Å². The maximum Gasteiger partial charge on any atom is 0.0861 e. The summed E-state index contributed by atoms with van der Waals surface area (Å²) in [5, 5.41) is 10.2. The maximum atomic E-state index is 10.2. The van der Waals surface area contributed by atoms with Crippen molar-refractivity contribution in [1.82, 2.24) is 0 Å². The molecule has 1 heteroatoms. The van der Waals surface area contributed by atoms with Crippen LogP contribution in [0.15, 0.2) is 12.7 Å². The summed E-state index contributed by atoms with van der Waals surface area (Å²) >= 11 is 0. The Morgan fingerprint density at radius 2 is 2.08 bits per heavy atom.